The summed E-state index contributed by atoms with van der Waals surface area (Å²) in [5.74, 6) is -0.502. The van der Waals surface area contributed by atoms with E-state index in [9.17, 15) is 14.4 Å². The Morgan fingerprint density at radius 2 is 1.82 bits per heavy atom. The molecule has 2 amide bonds. The molecule has 2 aliphatic heterocycles. The third-order valence-electron chi connectivity index (χ3n) is 5.85. The summed E-state index contributed by atoms with van der Waals surface area (Å²) in [6.45, 7) is 4.49. The van der Waals surface area contributed by atoms with Gasteiger partial charge in [0.15, 0.2) is 0 Å². The van der Waals surface area contributed by atoms with E-state index in [0.29, 0.717) is 36.4 Å². The summed E-state index contributed by atoms with van der Waals surface area (Å²) in [6, 6.07) is 8.70. The Kier molecular flexibility index (Phi) is 7.56. The van der Waals surface area contributed by atoms with Crippen LogP contribution in [0.5, 0.6) is 0 Å². The van der Waals surface area contributed by atoms with Gasteiger partial charge in [-0.15, -0.1) is 0 Å². The quantitative estimate of drug-likeness (QED) is 0.355. The van der Waals surface area contributed by atoms with E-state index >= 15 is 0 Å². The summed E-state index contributed by atoms with van der Waals surface area (Å²) in [6.07, 6.45) is -0.634. The molecule has 0 aliphatic carbocycles. The van der Waals surface area contributed by atoms with E-state index < -0.39 is 6.09 Å². The fourth-order valence-corrected chi connectivity index (χ4v) is 4.56. The fraction of sp³-hybridized carbons (Fsp3) is 0.391. The van der Waals surface area contributed by atoms with Gasteiger partial charge in [0.25, 0.3) is 5.91 Å². The number of nitrogens with zero attached hydrogens (tertiary/aromatic N) is 4. The van der Waals surface area contributed by atoms with E-state index in [1.54, 1.807) is 46.0 Å². The number of amidine groups is 1. The average Bonchev–Trinajstić information content (AvgIpc) is 3.50. The lowest BCUT2D eigenvalue weighted by atomic mass is 10.1. The number of rotatable bonds is 7. The SMILES string of the molecule is COC(=O)CN1CCN(CC2CN(c3ccc(C(N)=NC(=O)c4ccsc4)cc3)C(=O)O2)CC1. The van der Waals surface area contributed by atoms with Gasteiger partial charge in [-0.2, -0.15) is 16.3 Å². The Labute approximate surface area is 201 Å². The van der Waals surface area contributed by atoms with Crippen LogP contribution in [0.2, 0.25) is 0 Å². The molecule has 1 aromatic carbocycles. The molecule has 2 aromatic rings. The van der Waals surface area contributed by atoms with Crippen molar-refractivity contribution in [3.8, 4) is 0 Å². The number of carbonyl (C=O) groups is 3. The van der Waals surface area contributed by atoms with Crippen molar-refractivity contribution in [3.63, 3.8) is 0 Å². The van der Waals surface area contributed by atoms with Gasteiger partial charge in [0, 0.05) is 49.4 Å². The highest BCUT2D eigenvalue weighted by molar-refractivity contribution is 7.08. The summed E-state index contributed by atoms with van der Waals surface area (Å²) < 4.78 is 10.3. The molecule has 2 saturated heterocycles. The molecule has 11 heteroatoms. The number of carbonyl (C=O) groups excluding carboxylic acids is 3. The Hall–Kier alpha value is -3.28. The highest BCUT2D eigenvalue weighted by Gasteiger charge is 2.34. The van der Waals surface area contributed by atoms with E-state index in [-0.39, 0.29) is 23.8 Å². The van der Waals surface area contributed by atoms with Crippen LogP contribution in [0.1, 0.15) is 15.9 Å². The van der Waals surface area contributed by atoms with Crippen LogP contribution in [-0.4, -0.2) is 92.6 Å². The maximum absolute atomic E-state index is 12.5. The van der Waals surface area contributed by atoms with Crippen LogP contribution in [-0.2, 0) is 14.3 Å². The van der Waals surface area contributed by atoms with E-state index in [0.717, 1.165) is 26.2 Å². The maximum atomic E-state index is 12.5. The zero-order chi connectivity index (χ0) is 24.1. The summed E-state index contributed by atoms with van der Waals surface area (Å²) in [5.41, 5.74) is 7.79. The fourth-order valence-electron chi connectivity index (χ4n) is 3.93. The van der Waals surface area contributed by atoms with Gasteiger partial charge in [0.1, 0.15) is 11.9 Å². The first-order valence-electron chi connectivity index (χ1n) is 10.9. The van der Waals surface area contributed by atoms with Crippen molar-refractivity contribution in [3.05, 3.63) is 52.2 Å². The first-order chi connectivity index (χ1) is 16.4. The number of ether oxygens (including phenoxy) is 2. The molecule has 10 nitrogen and oxygen atoms in total. The van der Waals surface area contributed by atoms with Crippen LogP contribution < -0.4 is 10.6 Å². The third-order valence-corrected chi connectivity index (χ3v) is 6.53. The number of thiophene rings is 1. The number of hydrogen-bond donors (Lipinski definition) is 1. The molecular weight excluding hydrogens is 458 g/mol. The molecule has 0 bridgehead atoms. The number of esters is 1. The number of anilines is 1. The van der Waals surface area contributed by atoms with Gasteiger partial charge >= 0.3 is 12.1 Å². The molecule has 34 heavy (non-hydrogen) atoms. The van der Waals surface area contributed by atoms with Crippen LogP contribution >= 0.6 is 11.3 Å². The minimum atomic E-state index is -0.392. The molecular formula is C23H27N5O5S. The second-order valence-electron chi connectivity index (χ2n) is 8.13. The third kappa shape index (κ3) is 5.79. The number of hydrogen-bond acceptors (Lipinski definition) is 8. The van der Waals surface area contributed by atoms with Crippen molar-refractivity contribution < 1.29 is 23.9 Å². The zero-order valence-corrected chi connectivity index (χ0v) is 19.7. The van der Waals surface area contributed by atoms with Crippen molar-refractivity contribution in [2.75, 3.05) is 57.8 Å². The monoisotopic (exact) mass is 485 g/mol. The van der Waals surface area contributed by atoms with Gasteiger partial charge in [-0.3, -0.25) is 24.3 Å². The van der Waals surface area contributed by atoms with Crippen LogP contribution in [0, 0.1) is 0 Å². The van der Waals surface area contributed by atoms with Gasteiger partial charge in [-0.25, -0.2) is 4.79 Å². The zero-order valence-electron chi connectivity index (χ0n) is 18.9. The first-order valence-corrected chi connectivity index (χ1v) is 11.9. The lowest BCUT2D eigenvalue weighted by Gasteiger charge is -2.34. The lowest BCUT2D eigenvalue weighted by Crippen LogP contribution is -2.50. The van der Waals surface area contributed by atoms with Crippen molar-refractivity contribution >= 4 is 40.8 Å². The molecule has 3 heterocycles. The number of piperazine rings is 1. The number of aliphatic imine (C=N–C) groups is 1. The lowest BCUT2D eigenvalue weighted by molar-refractivity contribution is -0.142. The molecule has 1 aromatic heterocycles. The maximum Gasteiger partial charge on any atom is 0.414 e. The molecule has 2 fully saturated rings. The highest BCUT2D eigenvalue weighted by atomic mass is 32.1. The summed E-state index contributed by atoms with van der Waals surface area (Å²) in [4.78, 5) is 45.9. The first kappa shape index (κ1) is 23.9. The smallest absolute Gasteiger partial charge is 0.414 e. The Morgan fingerprint density at radius 1 is 1.12 bits per heavy atom. The van der Waals surface area contributed by atoms with Crippen LogP contribution in [0.4, 0.5) is 10.5 Å². The molecule has 2 aliphatic rings. The molecule has 0 saturated carbocycles. The number of methoxy groups -OCH3 is 1. The highest BCUT2D eigenvalue weighted by Crippen LogP contribution is 2.23. The topological polar surface area (TPSA) is 118 Å². The average molecular weight is 486 g/mol. The van der Waals surface area contributed by atoms with Gasteiger partial charge in [0.05, 0.1) is 25.8 Å². The summed E-state index contributed by atoms with van der Waals surface area (Å²) >= 11 is 1.42. The molecule has 180 valence electrons. The van der Waals surface area contributed by atoms with E-state index in [1.807, 2.05) is 0 Å². The van der Waals surface area contributed by atoms with Crippen LogP contribution in [0.25, 0.3) is 0 Å². The van der Waals surface area contributed by atoms with Crippen molar-refractivity contribution in [2.45, 2.75) is 6.10 Å². The van der Waals surface area contributed by atoms with Crippen molar-refractivity contribution in [1.29, 1.82) is 0 Å². The summed E-state index contributed by atoms with van der Waals surface area (Å²) in [5, 5.41) is 3.53. The van der Waals surface area contributed by atoms with E-state index in [2.05, 4.69) is 14.8 Å². The van der Waals surface area contributed by atoms with Crippen LogP contribution in [0.3, 0.4) is 0 Å². The molecule has 0 spiro atoms. The Balaban J connectivity index is 1.30. The molecule has 0 radical (unpaired) electrons. The second kappa shape index (κ2) is 10.8. The normalized spacial score (nSPS) is 19.8. The van der Waals surface area contributed by atoms with E-state index in [4.69, 9.17) is 15.2 Å². The minimum Gasteiger partial charge on any atom is -0.468 e. The molecule has 1 atom stereocenters. The van der Waals surface area contributed by atoms with E-state index in [1.165, 1.54) is 18.4 Å². The van der Waals surface area contributed by atoms with Gasteiger partial charge in [0.2, 0.25) is 0 Å². The van der Waals surface area contributed by atoms with Crippen molar-refractivity contribution in [1.82, 2.24) is 9.80 Å². The molecule has 4 rings (SSSR count). The largest absolute Gasteiger partial charge is 0.468 e. The number of benzene rings is 1. The van der Waals surface area contributed by atoms with Gasteiger partial charge in [-0.05, 0) is 35.7 Å². The predicted octanol–water partition coefficient (Wildman–Crippen LogP) is 1.41. The van der Waals surface area contributed by atoms with Crippen LogP contribution in [0.15, 0.2) is 46.1 Å². The molecule has 1 unspecified atom stereocenters. The van der Waals surface area contributed by atoms with Gasteiger partial charge in [-0.1, -0.05) is 0 Å². The predicted molar refractivity (Wildman–Crippen MR) is 128 cm³/mol. The Bertz CT molecular complexity index is 1050. The minimum absolute atomic E-state index is 0.121. The number of cyclic esters (lactones) is 1. The standard InChI is InChI=1S/C23H27N5O5S/c1-32-20(29)14-27-9-7-26(8-10-27)12-19-13-28(23(31)33-19)18-4-2-16(3-5-18)21(24)25-22(30)17-6-11-34-15-17/h2-6,11,15,19H,7-10,12-14H2,1H3,(H2,24,25,30). The number of nitrogens with two attached hydrogens (primary N) is 1. The Morgan fingerprint density at radius 3 is 2.47 bits per heavy atom. The van der Waals surface area contributed by atoms with Gasteiger partial charge < -0.3 is 15.2 Å². The second-order valence-corrected chi connectivity index (χ2v) is 8.91. The van der Waals surface area contributed by atoms with Crippen molar-refractivity contribution in [2.24, 2.45) is 10.7 Å². The number of amides is 2. The summed E-state index contributed by atoms with van der Waals surface area (Å²) in [7, 11) is 1.39. The molecule has 2 N–H and O–H groups in total.